The van der Waals surface area contributed by atoms with Gasteiger partial charge in [-0.1, -0.05) is 35.9 Å². The van der Waals surface area contributed by atoms with Crippen molar-refractivity contribution < 1.29 is 28.2 Å². The van der Waals surface area contributed by atoms with Crippen molar-refractivity contribution in [2.24, 2.45) is 0 Å². The highest BCUT2D eigenvalue weighted by Crippen LogP contribution is 2.38. The number of aromatic nitrogens is 3. The number of hydrogen-bond acceptors (Lipinski definition) is 7. The lowest BCUT2D eigenvalue weighted by Gasteiger charge is -2.28. The number of halogens is 3. The molecule has 0 aliphatic carbocycles. The third kappa shape index (κ3) is 4.82. The van der Waals surface area contributed by atoms with Crippen LogP contribution in [-0.4, -0.2) is 70.0 Å². The van der Waals surface area contributed by atoms with E-state index in [0.29, 0.717) is 70.7 Å². The van der Waals surface area contributed by atoms with Crippen molar-refractivity contribution in [3.05, 3.63) is 82.1 Å². The lowest BCUT2D eigenvalue weighted by atomic mass is 9.96. The van der Waals surface area contributed by atoms with Crippen LogP contribution in [0.15, 0.2) is 54.6 Å². The number of nitrogens with one attached hydrogen (secondary N) is 1. The van der Waals surface area contributed by atoms with Gasteiger partial charge in [0.25, 0.3) is 5.91 Å². The Morgan fingerprint density at radius 2 is 1.95 bits per heavy atom. The van der Waals surface area contributed by atoms with E-state index in [1.54, 1.807) is 57.9 Å². The number of β-amino-alcohol motifs (C(OH)–C–C–N with tert-alkyl or cyclic N) is 1. The minimum absolute atomic E-state index is 0.0192. The van der Waals surface area contributed by atoms with Gasteiger partial charge in [-0.05, 0) is 30.3 Å². The minimum atomic E-state index is -2.99. The number of alkyl halides is 2. The maximum atomic E-state index is 13.1. The average Bonchev–Trinajstić information content (AvgIpc) is 3.33. The highest BCUT2D eigenvalue weighted by atomic mass is 35.5. The first-order chi connectivity index (χ1) is 18.9. The zero-order chi connectivity index (χ0) is 27.1. The first-order valence-corrected chi connectivity index (χ1v) is 12.8. The minimum Gasteiger partial charge on any atom is -0.434 e. The molecule has 2 aliphatic rings. The van der Waals surface area contributed by atoms with Crippen LogP contribution in [0, 0.1) is 0 Å². The molecule has 9 nitrogen and oxygen atoms in total. The van der Waals surface area contributed by atoms with Gasteiger partial charge in [-0.2, -0.15) is 13.9 Å². The maximum absolute atomic E-state index is 13.1. The van der Waals surface area contributed by atoms with Crippen LogP contribution >= 0.6 is 11.6 Å². The molecule has 2 N–H and O–H groups in total. The molecule has 2 unspecified atom stereocenters. The summed E-state index contributed by atoms with van der Waals surface area (Å²) in [4.78, 5) is 19.2. The molecule has 4 heterocycles. The standard InChI is InChI=1S/C27H24ClF2N5O4/c28-18-13-15(5-6-16(18)26(37)34-9-11-38-12-10-34)19-7-8-22-32-24-20(36)14-31-23(25(24)35(22)33-19)17-3-1-2-4-21(17)39-27(29)30/h1-8,13,20,23,27,31,36H,9-12,14H2. The molecule has 0 spiro atoms. The van der Waals surface area contributed by atoms with Crippen LogP contribution in [0.4, 0.5) is 8.78 Å². The van der Waals surface area contributed by atoms with Crippen molar-refractivity contribution in [2.75, 3.05) is 32.8 Å². The molecule has 39 heavy (non-hydrogen) atoms. The van der Waals surface area contributed by atoms with Crippen molar-refractivity contribution in [3.8, 4) is 17.0 Å². The highest BCUT2D eigenvalue weighted by Gasteiger charge is 2.34. The fourth-order valence-electron chi connectivity index (χ4n) is 5.02. The molecule has 12 heteroatoms. The van der Waals surface area contributed by atoms with Gasteiger partial charge in [-0.15, -0.1) is 0 Å². The molecule has 0 saturated carbocycles. The molecule has 0 bridgehead atoms. The largest absolute Gasteiger partial charge is 0.434 e. The number of carbonyl (C=O) groups excluding carboxylic acids is 1. The molecular weight excluding hydrogens is 532 g/mol. The van der Waals surface area contributed by atoms with Crippen molar-refractivity contribution in [1.29, 1.82) is 0 Å². The van der Waals surface area contributed by atoms with Crippen LogP contribution in [0.1, 0.15) is 39.5 Å². The first kappa shape index (κ1) is 25.6. The van der Waals surface area contributed by atoms with Crippen LogP contribution in [0.25, 0.3) is 16.9 Å². The summed E-state index contributed by atoms with van der Waals surface area (Å²) in [6.07, 6.45) is -0.912. The van der Waals surface area contributed by atoms with E-state index in [1.165, 1.54) is 6.07 Å². The summed E-state index contributed by atoms with van der Waals surface area (Å²) in [5, 5.41) is 18.9. The Kier molecular flexibility index (Phi) is 6.90. The van der Waals surface area contributed by atoms with Gasteiger partial charge in [0.2, 0.25) is 0 Å². The summed E-state index contributed by atoms with van der Waals surface area (Å²) in [5.74, 6) is -0.139. The van der Waals surface area contributed by atoms with E-state index in [2.05, 4.69) is 10.3 Å². The summed E-state index contributed by atoms with van der Waals surface area (Å²) in [6, 6.07) is 14.5. The Balaban J connectivity index is 1.40. The Morgan fingerprint density at radius 1 is 1.15 bits per heavy atom. The Labute approximate surface area is 226 Å². The number of para-hydroxylation sites is 1. The summed E-state index contributed by atoms with van der Waals surface area (Å²) in [7, 11) is 0. The number of morpholine rings is 1. The van der Waals surface area contributed by atoms with Crippen LogP contribution < -0.4 is 10.1 Å². The number of nitrogens with zero attached hydrogens (tertiary/aromatic N) is 4. The predicted molar refractivity (Wildman–Crippen MR) is 138 cm³/mol. The third-order valence-electron chi connectivity index (χ3n) is 6.88. The van der Waals surface area contributed by atoms with Gasteiger partial charge in [0.1, 0.15) is 11.9 Å². The van der Waals surface area contributed by atoms with Gasteiger partial charge in [0.15, 0.2) is 5.65 Å². The molecule has 6 rings (SSSR count). The number of carbonyl (C=O) groups is 1. The van der Waals surface area contributed by atoms with Gasteiger partial charge < -0.3 is 24.8 Å². The molecule has 2 aromatic carbocycles. The SMILES string of the molecule is O=C(c1ccc(-c2ccc3nc4c(n3n2)C(c2ccccc2OC(F)F)NCC4O)cc1Cl)N1CCOCC1. The van der Waals surface area contributed by atoms with E-state index in [9.17, 15) is 18.7 Å². The lowest BCUT2D eigenvalue weighted by Crippen LogP contribution is -2.40. The summed E-state index contributed by atoms with van der Waals surface area (Å²) in [6.45, 7) is -0.824. The second-order valence-corrected chi connectivity index (χ2v) is 9.65. The molecule has 202 valence electrons. The second-order valence-electron chi connectivity index (χ2n) is 9.24. The zero-order valence-electron chi connectivity index (χ0n) is 20.6. The van der Waals surface area contributed by atoms with E-state index in [0.717, 1.165) is 0 Å². The molecule has 4 aromatic rings. The number of fused-ring (bicyclic) bond motifs is 3. The van der Waals surface area contributed by atoms with Crippen molar-refractivity contribution in [2.45, 2.75) is 18.8 Å². The van der Waals surface area contributed by atoms with E-state index in [4.69, 9.17) is 26.2 Å². The topological polar surface area (TPSA) is 101 Å². The van der Waals surface area contributed by atoms with Crippen molar-refractivity contribution in [1.82, 2.24) is 24.8 Å². The number of aliphatic hydroxyl groups is 1. The van der Waals surface area contributed by atoms with Crippen LogP contribution in [-0.2, 0) is 4.74 Å². The Bertz CT molecular complexity index is 1540. The number of amides is 1. The molecular formula is C27H24ClF2N5O4. The first-order valence-electron chi connectivity index (χ1n) is 12.4. The number of imidazole rings is 1. The van der Waals surface area contributed by atoms with Gasteiger partial charge in [-0.25, -0.2) is 9.50 Å². The molecule has 1 amide bonds. The maximum Gasteiger partial charge on any atom is 0.387 e. The van der Waals surface area contributed by atoms with Crippen LogP contribution in [0.5, 0.6) is 5.75 Å². The molecule has 1 fully saturated rings. The second kappa shape index (κ2) is 10.5. The molecule has 1 saturated heterocycles. The third-order valence-corrected chi connectivity index (χ3v) is 7.20. The monoisotopic (exact) mass is 555 g/mol. The number of aliphatic hydroxyl groups excluding tert-OH is 1. The molecule has 2 aromatic heterocycles. The average molecular weight is 556 g/mol. The van der Waals surface area contributed by atoms with Crippen LogP contribution in [0.3, 0.4) is 0 Å². The molecule has 2 atom stereocenters. The number of rotatable bonds is 5. The van der Waals surface area contributed by atoms with Crippen molar-refractivity contribution >= 4 is 23.2 Å². The fourth-order valence-corrected chi connectivity index (χ4v) is 5.29. The van der Waals surface area contributed by atoms with Crippen LogP contribution in [0.2, 0.25) is 5.02 Å². The summed E-state index contributed by atoms with van der Waals surface area (Å²) >= 11 is 6.54. The van der Waals surface area contributed by atoms with E-state index >= 15 is 0 Å². The normalized spacial score (nSPS) is 19.4. The number of hydrogen-bond donors (Lipinski definition) is 2. The Morgan fingerprint density at radius 3 is 2.72 bits per heavy atom. The number of benzene rings is 2. The predicted octanol–water partition coefficient (Wildman–Crippen LogP) is 3.85. The molecule has 2 aliphatic heterocycles. The van der Waals surface area contributed by atoms with E-state index in [1.807, 2.05) is 0 Å². The zero-order valence-corrected chi connectivity index (χ0v) is 21.3. The lowest BCUT2D eigenvalue weighted by molar-refractivity contribution is -0.0507. The van der Waals surface area contributed by atoms with E-state index in [-0.39, 0.29) is 18.2 Å². The van der Waals surface area contributed by atoms with Gasteiger partial charge in [0.05, 0.1) is 46.9 Å². The summed E-state index contributed by atoms with van der Waals surface area (Å²) in [5.41, 5.74) is 3.48. The number of ether oxygens (including phenoxy) is 2. The van der Waals surface area contributed by atoms with E-state index < -0.39 is 18.8 Å². The fraction of sp³-hybridized carbons (Fsp3) is 0.296. The van der Waals surface area contributed by atoms with Gasteiger partial charge in [0, 0.05) is 30.8 Å². The summed E-state index contributed by atoms with van der Waals surface area (Å²) < 4.78 is 37.9. The van der Waals surface area contributed by atoms with Gasteiger partial charge >= 0.3 is 6.61 Å². The van der Waals surface area contributed by atoms with Gasteiger partial charge in [-0.3, -0.25) is 4.79 Å². The quantitative estimate of drug-likeness (QED) is 0.386. The molecule has 0 radical (unpaired) electrons. The highest BCUT2D eigenvalue weighted by molar-refractivity contribution is 6.34. The smallest absolute Gasteiger partial charge is 0.387 e. The van der Waals surface area contributed by atoms with Crippen molar-refractivity contribution in [3.63, 3.8) is 0 Å². The Hall–Kier alpha value is -3.64.